The number of carbonyl (C=O) groups is 2. The van der Waals surface area contributed by atoms with E-state index in [0.29, 0.717) is 35.3 Å². The number of benzene rings is 2. The zero-order valence-electron chi connectivity index (χ0n) is 16.2. The van der Waals surface area contributed by atoms with Crippen LogP contribution in [0.1, 0.15) is 29.8 Å². The summed E-state index contributed by atoms with van der Waals surface area (Å²) in [6.07, 6.45) is 0. The fraction of sp³-hybridized carbons (Fsp3) is 0.333. The average molecular weight is 387 g/mol. The Hall–Kier alpha value is -3.22. The minimum atomic E-state index is -1.05. The van der Waals surface area contributed by atoms with Gasteiger partial charge in [-0.3, -0.25) is 4.79 Å². The molecule has 2 N–H and O–H groups in total. The summed E-state index contributed by atoms with van der Waals surface area (Å²) in [6, 6.07) is 12.0. The third-order valence-corrected chi connectivity index (χ3v) is 3.72. The zero-order chi connectivity index (χ0) is 20.5. The summed E-state index contributed by atoms with van der Waals surface area (Å²) < 4.78 is 16.1. The molecule has 0 unspecified atom stereocenters. The number of methoxy groups -OCH3 is 1. The van der Waals surface area contributed by atoms with E-state index in [1.165, 1.54) is 0 Å². The molecule has 0 aliphatic rings. The number of rotatable bonds is 10. The first-order valence-corrected chi connectivity index (χ1v) is 8.91. The number of nitrogens with one attached hydrogen (secondary N) is 1. The predicted molar refractivity (Wildman–Crippen MR) is 104 cm³/mol. The Morgan fingerprint density at radius 3 is 2.54 bits per heavy atom. The Morgan fingerprint density at radius 1 is 1.07 bits per heavy atom. The Morgan fingerprint density at radius 2 is 1.86 bits per heavy atom. The normalized spacial score (nSPS) is 10.4. The molecule has 0 saturated carbocycles. The highest BCUT2D eigenvalue weighted by atomic mass is 16.5. The second-order valence-corrected chi connectivity index (χ2v) is 6.58. The van der Waals surface area contributed by atoms with Crippen LogP contribution in [0.15, 0.2) is 42.5 Å². The molecule has 0 bridgehead atoms. The monoisotopic (exact) mass is 387 g/mol. The van der Waals surface area contributed by atoms with Crippen LogP contribution >= 0.6 is 0 Å². The minimum Gasteiger partial charge on any atom is -0.497 e. The number of carbonyl (C=O) groups excluding carboxylic acids is 1. The van der Waals surface area contributed by atoms with Crippen LogP contribution in [0, 0.1) is 5.92 Å². The van der Waals surface area contributed by atoms with Gasteiger partial charge < -0.3 is 24.6 Å². The van der Waals surface area contributed by atoms with E-state index in [2.05, 4.69) is 5.32 Å². The maximum absolute atomic E-state index is 12.6. The van der Waals surface area contributed by atoms with Crippen molar-refractivity contribution >= 4 is 11.9 Å². The first kappa shape index (κ1) is 21.1. The molecule has 7 nitrogen and oxygen atoms in total. The topological polar surface area (TPSA) is 94.1 Å². The largest absolute Gasteiger partial charge is 0.497 e. The van der Waals surface area contributed by atoms with Crippen LogP contribution in [-0.2, 0) is 11.3 Å². The first-order valence-electron chi connectivity index (χ1n) is 8.91. The van der Waals surface area contributed by atoms with Gasteiger partial charge in [-0.2, -0.15) is 0 Å². The molecule has 7 heteroatoms. The molecule has 28 heavy (non-hydrogen) atoms. The fourth-order valence-electron chi connectivity index (χ4n) is 2.36. The molecule has 2 aromatic rings. The van der Waals surface area contributed by atoms with E-state index < -0.39 is 12.6 Å². The van der Waals surface area contributed by atoms with E-state index in [1.54, 1.807) is 43.5 Å². The molecular formula is C21H25NO6. The van der Waals surface area contributed by atoms with E-state index in [0.717, 1.165) is 5.56 Å². The van der Waals surface area contributed by atoms with Gasteiger partial charge in [0.15, 0.2) is 6.61 Å². The van der Waals surface area contributed by atoms with Crippen molar-refractivity contribution in [3.05, 3.63) is 53.6 Å². The Labute approximate surface area is 164 Å². The maximum atomic E-state index is 12.6. The van der Waals surface area contributed by atoms with E-state index in [9.17, 15) is 9.59 Å². The second-order valence-electron chi connectivity index (χ2n) is 6.58. The van der Waals surface area contributed by atoms with Gasteiger partial charge in [-0.1, -0.05) is 26.0 Å². The number of ether oxygens (including phenoxy) is 3. The molecule has 1 amide bonds. The van der Waals surface area contributed by atoms with Crippen molar-refractivity contribution in [2.75, 3.05) is 20.3 Å². The SMILES string of the molecule is COc1ccc(C(=O)NCc2cccc(OCC(=O)O)c2)c(OCC(C)C)c1. The molecule has 2 rings (SSSR count). The number of carboxylic acid groups (broad SMARTS) is 1. The highest BCUT2D eigenvalue weighted by Crippen LogP contribution is 2.25. The summed E-state index contributed by atoms with van der Waals surface area (Å²) >= 11 is 0. The molecule has 0 fully saturated rings. The predicted octanol–water partition coefficient (Wildman–Crippen LogP) is 3.12. The Kier molecular flexibility index (Phi) is 7.68. The standard InChI is InChI=1S/C21H25NO6/c1-14(2)12-28-19-10-16(26-3)7-8-18(19)21(25)22-11-15-5-4-6-17(9-15)27-13-20(23)24/h4-10,14H,11-13H2,1-3H3,(H,22,25)(H,23,24). The summed E-state index contributed by atoms with van der Waals surface area (Å²) in [5.74, 6) is 0.489. The van der Waals surface area contributed by atoms with Gasteiger partial charge in [0.2, 0.25) is 0 Å². The van der Waals surface area contributed by atoms with E-state index in [4.69, 9.17) is 19.3 Å². The van der Waals surface area contributed by atoms with Crippen LogP contribution in [0.25, 0.3) is 0 Å². The molecule has 0 spiro atoms. The molecule has 0 aliphatic carbocycles. The van der Waals surface area contributed by atoms with Crippen LogP contribution in [0.3, 0.4) is 0 Å². The van der Waals surface area contributed by atoms with Crippen LogP contribution in [0.2, 0.25) is 0 Å². The summed E-state index contributed by atoms with van der Waals surface area (Å²) in [6.45, 7) is 4.38. The molecule has 0 atom stereocenters. The lowest BCUT2D eigenvalue weighted by molar-refractivity contribution is -0.139. The Balaban J connectivity index is 2.06. The third-order valence-electron chi connectivity index (χ3n) is 3.72. The second kappa shape index (κ2) is 10.2. The molecule has 0 aromatic heterocycles. The Bertz CT molecular complexity index is 818. The van der Waals surface area contributed by atoms with E-state index in [-0.39, 0.29) is 12.5 Å². The van der Waals surface area contributed by atoms with Crippen molar-refractivity contribution in [2.45, 2.75) is 20.4 Å². The van der Waals surface area contributed by atoms with Gasteiger partial charge in [-0.15, -0.1) is 0 Å². The van der Waals surface area contributed by atoms with Gasteiger partial charge >= 0.3 is 5.97 Å². The zero-order valence-corrected chi connectivity index (χ0v) is 16.2. The lowest BCUT2D eigenvalue weighted by Gasteiger charge is -2.14. The summed E-state index contributed by atoms with van der Waals surface area (Å²) in [5, 5.41) is 11.5. The van der Waals surface area contributed by atoms with Crippen LogP contribution in [0.4, 0.5) is 0 Å². The van der Waals surface area contributed by atoms with Crippen molar-refractivity contribution < 1.29 is 28.9 Å². The molecule has 0 radical (unpaired) electrons. The number of aliphatic carboxylic acids is 1. The lowest BCUT2D eigenvalue weighted by Crippen LogP contribution is -2.24. The van der Waals surface area contributed by atoms with Crippen molar-refractivity contribution in [1.82, 2.24) is 5.32 Å². The minimum absolute atomic E-state index is 0.263. The summed E-state index contributed by atoms with van der Waals surface area (Å²) in [5.41, 5.74) is 1.20. The highest BCUT2D eigenvalue weighted by Gasteiger charge is 2.14. The molecule has 150 valence electrons. The van der Waals surface area contributed by atoms with Crippen LogP contribution in [0.5, 0.6) is 17.2 Å². The van der Waals surface area contributed by atoms with E-state index >= 15 is 0 Å². The fourth-order valence-corrected chi connectivity index (χ4v) is 2.36. The summed E-state index contributed by atoms with van der Waals surface area (Å²) in [7, 11) is 1.56. The van der Waals surface area contributed by atoms with Crippen molar-refractivity contribution in [3.63, 3.8) is 0 Å². The summed E-state index contributed by atoms with van der Waals surface area (Å²) in [4.78, 5) is 23.2. The van der Waals surface area contributed by atoms with Crippen molar-refractivity contribution in [3.8, 4) is 17.2 Å². The van der Waals surface area contributed by atoms with Gasteiger partial charge in [0, 0.05) is 12.6 Å². The van der Waals surface area contributed by atoms with Crippen LogP contribution < -0.4 is 19.5 Å². The van der Waals surface area contributed by atoms with Gasteiger partial charge in [-0.05, 0) is 35.7 Å². The molecule has 0 saturated heterocycles. The van der Waals surface area contributed by atoms with Gasteiger partial charge in [0.05, 0.1) is 19.3 Å². The molecule has 2 aromatic carbocycles. The maximum Gasteiger partial charge on any atom is 0.341 e. The van der Waals surface area contributed by atoms with Crippen molar-refractivity contribution in [2.24, 2.45) is 5.92 Å². The number of hydrogen-bond acceptors (Lipinski definition) is 5. The third kappa shape index (κ3) is 6.50. The van der Waals surface area contributed by atoms with Crippen LogP contribution in [-0.4, -0.2) is 37.3 Å². The molecular weight excluding hydrogens is 362 g/mol. The van der Waals surface area contributed by atoms with Gasteiger partial charge in [0.1, 0.15) is 17.2 Å². The quantitative estimate of drug-likeness (QED) is 0.651. The highest BCUT2D eigenvalue weighted by molar-refractivity contribution is 5.97. The number of carboxylic acids is 1. The van der Waals surface area contributed by atoms with Gasteiger partial charge in [0.25, 0.3) is 5.91 Å². The smallest absolute Gasteiger partial charge is 0.341 e. The first-order chi connectivity index (χ1) is 13.4. The number of amides is 1. The average Bonchev–Trinajstić information content (AvgIpc) is 2.69. The number of hydrogen-bond donors (Lipinski definition) is 2. The molecule has 0 heterocycles. The van der Waals surface area contributed by atoms with E-state index in [1.807, 2.05) is 19.9 Å². The lowest BCUT2D eigenvalue weighted by atomic mass is 10.1. The van der Waals surface area contributed by atoms with Crippen molar-refractivity contribution in [1.29, 1.82) is 0 Å². The van der Waals surface area contributed by atoms with Gasteiger partial charge in [-0.25, -0.2) is 4.79 Å². The molecule has 0 aliphatic heterocycles.